The van der Waals surface area contributed by atoms with Crippen LogP contribution in [0.25, 0.3) is 0 Å². The van der Waals surface area contributed by atoms with E-state index in [2.05, 4.69) is 48.9 Å². The largest absolute Gasteiger partial charge is 0.436 e. The topological polar surface area (TPSA) is 93.9 Å². The summed E-state index contributed by atoms with van der Waals surface area (Å²) < 4.78 is 44.5. The second-order valence-corrected chi connectivity index (χ2v) is 10.8. The highest BCUT2D eigenvalue weighted by molar-refractivity contribution is 6.39. The van der Waals surface area contributed by atoms with E-state index in [4.69, 9.17) is 15.1 Å². The minimum Gasteiger partial charge on any atom is -0.436 e. The number of ether oxygens (including phenoxy) is 1. The summed E-state index contributed by atoms with van der Waals surface area (Å²) in [6, 6.07) is -0.0984. The van der Waals surface area contributed by atoms with Crippen LogP contribution in [0.1, 0.15) is 66.2 Å². The molecule has 3 unspecified atom stereocenters. The van der Waals surface area contributed by atoms with Crippen LogP contribution in [0.15, 0.2) is 33.0 Å². The summed E-state index contributed by atoms with van der Waals surface area (Å²) in [5.74, 6) is 0.580. The van der Waals surface area contributed by atoms with Gasteiger partial charge in [-0.25, -0.2) is 4.99 Å². The van der Waals surface area contributed by atoms with Crippen LogP contribution in [0.4, 0.5) is 13.2 Å². The number of nitrogens with zero attached hydrogens (tertiary/aromatic N) is 2. The average Bonchev–Trinajstić information content (AvgIpc) is 3.21. The van der Waals surface area contributed by atoms with Gasteiger partial charge in [0.2, 0.25) is 6.35 Å². The van der Waals surface area contributed by atoms with E-state index in [1.165, 1.54) is 0 Å². The quantitative estimate of drug-likeness (QED) is 0.470. The zero-order chi connectivity index (χ0) is 24.7. The molecular weight excluding hydrogens is 445 g/mol. The van der Waals surface area contributed by atoms with E-state index in [1.807, 2.05) is 6.08 Å². The first-order chi connectivity index (χ1) is 15.9. The molecule has 7 nitrogen and oxygen atoms in total. The number of hydrazone groups is 1. The van der Waals surface area contributed by atoms with Crippen molar-refractivity contribution in [1.29, 1.82) is 5.41 Å². The lowest BCUT2D eigenvalue weighted by Gasteiger charge is -2.37. The minimum absolute atomic E-state index is 0.117. The molecular formula is C24H35F3N6O. The van der Waals surface area contributed by atoms with Crippen molar-refractivity contribution in [2.45, 2.75) is 90.8 Å². The summed E-state index contributed by atoms with van der Waals surface area (Å²) >= 11 is 0. The van der Waals surface area contributed by atoms with Crippen LogP contribution >= 0.6 is 0 Å². The smallest absolute Gasteiger partial charge is 0.401 e. The van der Waals surface area contributed by atoms with E-state index in [9.17, 15) is 13.2 Å². The van der Waals surface area contributed by atoms with Gasteiger partial charge in [-0.1, -0.05) is 33.8 Å². The summed E-state index contributed by atoms with van der Waals surface area (Å²) in [5, 5.41) is 18.2. The number of hydrogen-bond donors (Lipinski definition) is 4. The number of hydrogen-bond acceptors (Lipinski definition) is 7. The van der Waals surface area contributed by atoms with E-state index in [0.717, 1.165) is 53.9 Å². The molecule has 0 spiro atoms. The highest BCUT2D eigenvalue weighted by Crippen LogP contribution is 2.43. The maximum Gasteiger partial charge on any atom is 0.401 e. The van der Waals surface area contributed by atoms with Crippen molar-refractivity contribution in [3.05, 3.63) is 22.9 Å². The van der Waals surface area contributed by atoms with Gasteiger partial charge in [0.1, 0.15) is 5.71 Å². The van der Waals surface area contributed by atoms with Crippen molar-refractivity contribution in [2.24, 2.45) is 21.4 Å². The van der Waals surface area contributed by atoms with Gasteiger partial charge in [0.15, 0.2) is 0 Å². The Morgan fingerprint density at radius 3 is 2.53 bits per heavy atom. The van der Waals surface area contributed by atoms with Crippen LogP contribution in [0.5, 0.6) is 0 Å². The summed E-state index contributed by atoms with van der Waals surface area (Å²) in [4.78, 5) is 4.94. The molecule has 0 aromatic heterocycles. The standard InChI is InChI=1S/C24H35F3N6O/c1-13-9-19(21-32-33-22(34-21)30-15-7-5-14(28)6-8-15)31-20-17(13)10-16(29-12-24(25,26)27)11-18(20)23(2,3)4/h11,13,15-16,22,28-30,33H,5-10,12H2,1-4H3. The van der Waals surface area contributed by atoms with Crippen LogP contribution in [0.2, 0.25) is 0 Å². The monoisotopic (exact) mass is 480 g/mol. The Morgan fingerprint density at radius 1 is 1.18 bits per heavy atom. The van der Waals surface area contributed by atoms with E-state index >= 15 is 0 Å². The van der Waals surface area contributed by atoms with Crippen molar-refractivity contribution >= 4 is 17.3 Å². The van der Waals surface area contributed by atoms with Crippen LogP contribution in [0, 0.1) is 16.7 Å². The maximum absolute atomic E-state index is 12.8. The molecule has 2 aliphatic heterocycles. The first kappa shape index (κ1) is 24.9. The van der Waals surface area contributed by atoms with Crippen molar-refractivity contribution in [2.75, 3.05) is 6.54 Å². The molecule has 34 heavy (non-hydrogen) atoms. The molecule has 4 rings (SSSR count). The molecule has 0 amide bonds. The van der Waals surface area contributed by atoms with E-state index in [-0.39, 0.29) is 23.4 Å². The molecule has 188 valence electrons. The minimum atomic E-state index is -4.25. The van der Waals surface area contributed by atoms with Gasteiger partial charge in [0.05, 0.1) is 12.2 Å². The molecule has 1 saturated carbocycles. The van der Waals surface area contributed by atoms with Gasteiger partial charge in [-0.3, -0.25) is 10.7 Å². The molecule has 0 radical (unpaired) electrons. The number of aliphatic imine (C=N–C) groups is 1. The van der Waals surface area contributed by atoms with Gasteiger partial charge in [-0.2, -0.15) is 13.2 Å². The van der Waals surface area contributed by atoms with Gasteiger partial charge in [-0.05, 0) is 54.6 Å². The van der Waals surface area contributed by atoms with Crippen molar-refractivity contribution in [3.63, 3.8) is 0 Å². The van der Waals surface area contributed by atoms with E-state index in [0.29, 0.717) is 18.7 Å². The molecule has 10 heteroatoms. The number of allylic oxidation sites excluding steroid dienone is 1. The van der Waals surface area contributed by atoms with Gasteiger partial charge in [0.25, 0.3) is 5.90 Å². The zero-order valence-corrected chi connectivity index (χ0v) is 20.3. The second kappa shape index (κ2) is 9.45. The van der Waals surface area contributed by atoms with Gasteiger partial charge in [0, 0.05) is 24.2 Å². The van der Waals surface area contributed by atoms with Crippen LogP contribution in [-0.2, 0) is 4.74 Å². The normalized spacial score (nSPS) is 30.2. The first-order valence-electron chi connectivity index (χ1n) is 12.0. The van der Waals surface area contributed by atoms with E-state index in [1.54, 1.807) is 0 Å². The molecule has 4 aliphatic rings. The molecule has 3 atom stereocenters. The lowest BCUT2D eigenvalue weighted by molar-refractivity contribution is -0.125. The van der Waals surface area contributed by atoms with Gasteiger partial charge >= 0.3 is 6.18 Å². The molecule has 0 aromatic rings. The van der Waals surface area contributed by atoms with Crippen LogP contribution in [0.3, 0.4) is 0 Å². The predicted molar refractivity (Wildman–Crippen MR) is 127 cm³/mol. The number of rotatable bonds is 5. The van der Waals surface area contributed by atoms with Gasteiger partial charge in [-0.15, -0.1) is 5.10 Å². The number of alkyl halides is 3. The predicted octanol–water partition coefficient (Wildman–Crippen LogP) is 4.39. The summed E-state index contributed by atoms with van der Waals surface area (Å²) in [7, 11) is 0. The Kier molecular flexibility index (Phi) is 6.92. The van der Waals surface area contributed by atoms with Crippen molar-refractivity contribution in [1.82, 2.24) is 16.1 Å². The molecule has 2 heterocycles. The first-order valence-corrected chi connectivity index (χ1v) is 12.0. The lowest BCUT2D eigenvalue weighted by Crippen LogP contribution is -2.46. The van der Waals surface area contributed by atoms with E-state index < -0.39 is 19.1 Å². The fourth-order valence-electron chi connectivity index (χ4n) is 4.96. The van der Waals surface area contributed by atoms with Crippen molar-refractivity contribution in [3.8, 4) is 0 Å². The fourth-order valence-corrected chi connectivity index (χ4v) is 4.96. The Balaban J connectivity index is 1.48. The molecule has 4 N–H and O–H groups in total. The lowest BCUT2D eigenvalue weighted by atomic mass is 9.74. The second-order valence-electron chi connectivity index (χ2n) is 10.8. The van der Waals surface area contributed by atoms with Gasteiger partial charge < -0.3 is 15.5 Å². The highest BCUT2D eigenvalue weighted by Gasteiger charge is 2.37. The molecule has 0 bridgehead atoms. The number of nitrogens with one attached hydrogen (secondary N) is 4. The summed E-state index contributed by atoms with van der Waals surface area (Å²) in [5.41, 5.74) is 7.17. The Labute approximate surface area is 198 Å². The summed E-state index contributed by atoms with van der Waals surface area (Å²) in [6.45, 7) is 7.24. The Bertz CT molecular complexity index is 933. The average molecular weight is 481 g/mol. The Hall–Kier alpha value is -2.20. The van der Waals surface area contributed by atoms with Crippen LogP contribution < -0.4 is 16.1 Å². The van der Waals surface area contributed by atoms with Crippen LogP contribution in [-0.4, -0.2) is 48.5 Å². The van der Waals surface area contributed by atoms with Crippen molar-refractivity contribution < 1.29 is 17.9 Å². The number of halogens is 3. The molecule has 0 saturated heterocycles. The molecule has 0 aromatic carbocycles. The summed E-state index contributed by atoms with van der Waals surface area (Å²) in [6.07, 6.45) is 1.79. The molecule has 2 aliphatic carbocycles. The SMILES string of the molecule is CC1CC(C2=NNC(NC3CCC(=N)CC3)O2)=NC2=C1CC(NCC(F)(F)F)C=C2C(C)(C)C. The fraction of sp³-hybridized carbons (Fsp3) is 0.708. The Morgan fingerprint density at radius 2 is 1.88 bits per heavy atom. The third-order valence-corrected chi connectivity index (χ3v) is 6.82. The highest BCUT2D eigenvalue weighted by atomic mass is 19.4. The maximum atomic E-state index is 12.8. The zero-order valence-electron chi connectivity index (χ0n) is 20.3. The third kappa shape index (κ3) is 5.89. The molecule has 1 fully saturated rings. The third-order valence-electron chi connectivity index (χ3n) is 6.82.